The van der Waals surface area contributed by atoms with Crippen LogP contribution in [0, 0.1) is 0 Å². The molecular formula is C5H5BrN4O. The van der Waals surface area contributed by atoms with Crippen molar-refractivity contribution in [2.75, 3.05) is 0 Å². The lowest BCUT2D eigenvalue weighted by Crippen LogP contribution is -2.05. The molecule has 0 spiro atoms. The van der Waals surface area contributed by atoms with E-state index < -0.39 is 0 Å². The topological polar surface area (TPSA) is 74.4 Å². The van der Waals surface area contributed by atoms with Crippen LogP contribution in [0.15, 0.2) is 17.4 Å². The zero-order valence-electron chi connectivity index (χ0n) is 5.37. The largest absolute Gasteiger partial charge is 0.339 e. The maximum Gasteiger partial charge on any atom is 0.276 e. The highest BCUT2D eigenvalue weighted by molar-refractivity contribution is 8.93. The molecule has 0 saturated heterocycles. The number of fused-ring (bicyclic) bond motifs is 1. The molecule has 0 unspecified atom stereocenters. The summed E-state index contributed by atoms with van der Waals surface area (Å²) in [5, 5.41) is 0. The van der Waals surface area contributed by atoms with E-state index in [4.69, 9.17) is 0 Å². The lowest BCUT2D eigenvalue weighted by atomic mass is 10.6. The van der Waals surface area contributed by atoms with E-state index in [0.29, 0.717) is 11.2 Å². The van der Waals surface area contributed by atoms with Gasteiger partial charge in [0.1, 0.15) is 0 Å². The standard InChI is InChI=1S/C5H4N4O.BrH/c10-5-3-4(7-1-6-3)8-2-9-5;/h1-2H,(H2,6,7,8,9,10);1H. The van der Waals surface area contributed by atoms with Crippen molar-refractivity contribution in [3.8, 4) is 0 Å². The summed E-state index contributed by atoms with van der Waals surface area (Å²) >= 11 is 0. The van der Waals surface area contributed by atoms with Gasteiger partial charge in [0.25, 0.3) is 5.56 Å². The van der Waals surface area contributed by atoms with Crippen LogP contribution in [0.4, 0.5) is 0 Å². The van der Waals surface area contributed by atoms with Crippen LogP contribution in [0.2, 0.25) is 0 Å². The molecule has 0 amide bonds. The molecule has 6 heteroatoms. The monoisotopic (exact) mass is 216 g/mol. The summed E-state index contributed by atoms with van der Waals surface area (Å²) in [7, 11) is 0. The second-order valence-electron chi connectivity index (χ2n) is 1.83. The van der Waals surface area contributed by atoms with Crippen molar-refractivity contribution >= 4 is 28.1 Å². The van der Waals surface area contributed by atoms with Gasteiger partial charge in [-0.1, -0.05) is 0 Å². The third-order valence-corrected chi connectivity index (χ3v) is 1.23. The van der Waals surface area contributed by atoms with Crippen LogP contribution in [0.1, 0.15) is 0 Å². The number of rotatable bonds is 0. The first-order valence-corrected chi connectivity index (χ1v) is 2.75. The molecule has 0 aromatic carbocycles. The van der Waals surface area contributed by atoms with E-state index in [9.17, 15) is 4.79 Å². The number of nitrogens with one attached hydrogen (secondary N) is 2. The minimum absolute atomic E-state index is 0. The van der Waals surface area contributed by atoms with Crippen molar-refractivity contribution in [3.05, 3.63) is 23.0 Å². The van der Waals surface area contributed by atoms with Crippen LogP contribution in [-0.4, -0.2) is 19.9 Å². The zero-order valence-corrected chi connectivity index (χ0v) is 7.08. The highest BCUT2D eigenvalue weighted by Gasteiger charge is 1.97. The van der Waals surface area contributed by atoms with Gasteiger partial charge in [0.2, 0.25) is 0 Å². The van der Waals surface area contributed by atoms with Crippen molar-refractivity contribution in [2.45, 2.75) is 0 Å². The summed E-state index contributed by atoms with van der Waals surface area (Å²) < 4.78 is 0. The molecule has 58 valence electrons. The second kappa shape index (κ2) is 2.83. The van der Waals surface area contributed by atoms with E-state index >= 15 is 0 Å². The number of halogens is 1. The quantitative estimate of drug-likeness (QED) is 0.662. The van der Waals surface area contributed by atoms with Gasteiger partial charge in [-0.25, -0.2) is 9.97 Å². The van der Waals surface area contributed by atoms with Gasteiger partial charge in [0, 0.05) is 0 Å². The molecule has 2 heterocycles. The van der Waals surface area contributed by atoms with Gasteiger partial charge in [-0.05, 0) is 0 Å². The molecule has 0 aliphatic rings. The Balaban J connectivity index is 0.000000605. The van der Waals surface area contributed by atoms with E-state index in [1.54, 1.807) is 0 Å². The first kappa shape index (κ1) is 7.93. The number of imidazole rings is 1. The first-order valence-electron chi connectivity index (χ1n) is 2.75. The van der Waals surface area contributed by atoms with Crippen molar-refractivity contribution in [1.29, 1.82) is 0 Å². The summed E-state index contributed by atoms with van der Waals surface area (Å²) in [6.45, 7) is 0. The van der Waals surface area contributed by atoms with Gasteiger partial charge < -0.3 is 9.97 Å². The number of aromatic amines is 2. The van der Waals surface area contributed by atoms with E-state index in [2.05, 4.69) is 19.9 Å². The van der Waals surface area contributed by atoms with E-state index in [1.165, 1.54) is 12.7 Å². The smallest absolute Gasteiger partial charge is 0.276 e. The highest BCUT2D eigenvalue weighted by Crippen LogP contribution is 1.94. The van der Waals surface area contributed by atoms with Gasteiger partial charge in [0.15, 0.2) is 11.2 Å². The van der Waals surface area contributed by atoms with E-state index in [1.807, 2.05) is 0 Å². The molecule has 0 aliphatic heterocycles. The SMILES string of the molecule is Br.O=c1[nH]cnc2nc[nH]c12. The average molecular weight is 217 g/mol. The first-order chi connectivity index (χ1) is 4.88. The fraction of sp³-hybridized carbons (Fsp3) is 0. The van der Waals surface area contributed by atoms with Crippen LogP contribution < -0.4 is 5.56 Å². The molecule has 2 aromatic rings. The number of hydrogen-bond acceptors (Lipinski definition) is 3. The van der Waals surface area contributed by atoms with Crippen molar-refractivity contribution in [1.82, 2.24) is 19.9 Å². The highest BCUT2D eigenvalue weighted by atomic mass is 79.9. The van der Waals surface area contributed by atoms with Gasteiger partial charge >= 0.3 is 0 Å². The second-order valence-corrected chi connectivity index (χ2v) is 1.83. The summed E-state index contributed by atoms with van der Waals surface area (Å²) in [5.74, 6) is 0. The van der Waals surface area contributed by atoms with Gasteiger partial charge in [0.05, 0.1) is 12.7 Å². The van der Waals surface area contributed by atoms with Crippen LogP contribution in [0.25, 0.3) is 11.2 Å². The van der Waals surface area contributed by atoms with Gasteiger partial charge in [-0.2, -0.15) is 0 Å². The molecular weight excluding hydrogens is 212 g/mol. The number of aromatic nitrogens is 4. The minimum atomic E-state index is -0.192. The summed E-state index contributed by atoms with van der Waals surface area (Å²) in [6.07, 6.45) is 2.76. The number of hydrogen-bond donors (Lipinski definition) is 2. The third-order valence-electron chi connectivity index (χ3n) is 1.23. The Morgan fingerprint density at radius 1 is 1.18 bits per heavy atom. The maximum atomic E-state index is 10.9. The Hall–Kier alpha value is -1.17. The van der Waals surface area contributed by atoms with Crippen LogP contribution in [-0.2, 0) is 0 Å². The zero-order chi connectivity index (χ0) is 6.97. The van der Waals surface area contributed by atoms with Gasteiger partial charge in [-0.3, -0.25) is 4.79 Å². The number of H-pyrrole nitrogens is 2. The van der Waals surface area contributed by atoms with Crippen LogP contribution in [0.3, 0.4) is 0 Å². The molecule has 2 aromatic heterocycles. The molecule has 2 rings (SSSR count). The van der Waals surface area contributed by atoms with Gasteiger partial charge in [-0.15, -0.1) is 17.0 Å². The van der Waals surface area contributed by atoms with Crippen molar-refractivity contribution < 1.29 is 0 Å². The molecule has 11 heavy (non-hydrogen) atoms. The molecule has 0 bridgehead atoms. The molecule has 0 saturated carbocycles. The maximum absolute atomic E-state index is 10.9. The normalized spacial score (nSPS) is 9.45. The van der Waals surface area contributed by atoms with Crippen LogP contribution >= 0.6 is 17.0 Å². The predicted octanol–water partition coefficient (Wildman–Crippen LogP) is 0.224. The van der Waals surface area contributed by atoms with E-state index in [-0.39, 0.29) is 22.5 Å². The van der Waals surface area contributed by atoms with Crippen molar-refractivity contribution in [2.24, 2.45) is 0 Å². The van der Waals surface area contributed by atoms with Crippen molar-refractivity contribution in [3.63, 3.8) is 0 Å². The summed E-state index contributed by atoms with van der Waals surface area (Å²) in [5.41, 5.74) is 0.675. The third kappa shape index (κ3) is 1.16. The predicted molar refractivity (Wildman–Crippen MR) is 44.8 cm³/mol. The average Bonchev–Trinajstić information content (AvgIpc) is 2.36. The lowest BCUT2D eigenvalue weighted by Gasteiger charge is -1.81. The lowest BCUT2D eigenvalue weighted by molar-refractivity contribution is 1.15. The Morgan fingerprint density at radius 3 is 2.45 bits per heavy atom. The van der Waals surface area contributed by atoms with Crippen LogP contribution in [0.5, 0.6) is 0 Å². The molecule has 0 aliphatic carbocycles. The van der Waals surface area contributed by atoms with E-state index in [0.717, 1.165) is 0 Å². The summed E-state index contributed by atoms with van der Waals surface area (Å²) in [6, 6.07) is 0. The molecule has 0 radical (unpaired) electrons. The Labute approximate surface area is 71.7 Å². The Bertz CT molecular complexity index is 406. The summed E-state index contributed by atoms with van der Waals surface area (Å²) in [4.78, 5) is 23.6. The Morgan fingerprint density at radius 2 is 1.82 bits per heavy atom. The number of nitrogens with zero attached hydrogens (tertiary/aromatic N) is 2. The molecule has 0 atom stereocenters. The fourth-order valence-corrected chi connectivity index (χ4v) is 0.776. The fourth-order valence-electron chi connectivity index (χ4n) is 0.776. The molecule has 0 fully saturated rings. The molecule has 5 nitrogen and oxygen atoms in total. The minimum Gasteiger partial charge on any atom is -0.339 e. The molecule has 2 N–H and O–H groups in total. The Kier molecular flexibility index (Phi) is 2.04.